The molecule has 2 heterocycles. The average molecular weight is 331 g/mol. The van der Waals surface area contributed by atoms with Crippen molar-refractivity contribution in [1.29, 1.82) is 0 Å². The van der Waals surface area contributed by atoms with Crippen LogP contribution in [0.5, 0.6) is 0 Å². The zero-order valence-electron chi connectivity index (χ0n) is 13.4. The van der Waals surface area contributed by atoms with Crippen LogP contribution in [0.4, 0.5) is 5.13 Å². The van der Waals surface area contributed by atoms with E-state index in [4.69, 9.17) is 4.74 Å². The topological polar surface area (TPSA) is 54.5 Å². The second kappa shape index (κ2) is 7.21. The van der Waals surface area contributed by atoms with E-state index in [0.29, 0.717) is 18.3 Å². The van der Waals surface area contributed by atoms with E-state index in [1.54, 1.807) is 0 Å². The van der Waals surface area contributed by atoms with Crippen molar-refractivity contribution in [1.82, 2.24) is 9.88 Å². The molecule has 0 spiro atoms. The lowest BCUT2D eigenvalue weighted by Gasteiger charge is -2.31. The Morgan fingerprint density at radius 2 is 2.00 bits per heavy atom. The van der Waals surface area contributed by atoms with E-state index in [0.717, 1.165) is 24.3 Å². The van der Waals surface area contributed by atoms with Gasteiger partial charge in [0.25, 0.3) is 0 Å². The minimum Gasteiger partial charge on any atom is -0.379 e. The van der Waals surface area contributed by atoms with Gasteiger partial charge in [0.2, 0.25) is 5.91 Å². The van der Waals surface area contributed by atoms with Crippen LogP contribution in [-0.2, 0) is 9.53 Å². The lowest BCUT2D eigenvalue weighted by molar-refractivity contribution is -0.122. The molecule has 0 saturated carbocycles. The van der Waals surface area contributed by atoms with Crippen molar-refractivity contribution in [2.45, 2.75) is 19.9 Å². The molecule has 1 N–H and O–H groups in total. The monoisotopic (exact) mass is 331 g/mol. The minimum atomic E-state index is -0.175. The number of anilines is 1. The smallest absolute Gasteiger partial charge is 0.243 e. The van der Waals surface area contributed by atoms with E-state index in [1.165, 1.54) is 16.9 Å². The summed E-state index contributed by atoms with van der Waals surface area (Å²) in [5.74, 6) is -0.0169. The molecule has 0 unspecified atom stereocenters. The molecule has 1 saturated heterocycles. The fourth-order valence-corrected chi connectivity index (χ4v) is 3.25. The third kappa shape index (κ3) is 3.96. The van der Waals surface area contributed by atoms with Crippen molar-refractivity contribution in [2.24, 2.45) is 0 Å². The van der Waals surface area contributed by atoms with Gasteiger partial charge in [0.15, 0.2) is 5.13 Å². The number of nitrogens with zero attached hydrogens (tertiary/aromatic N) is 2. The standard InChI is InChI=1S/C17H21N3O2S/c1-12-3-5-14(6-4-12)15-11-23-17(18-15)19-16(21)13(2)20-7-9-22-10-8-20/h3-6,11,13H,7-10H2,1-2H3,(H,18,19,21)/t13-/m0/s1. The summed E-state index contributed by atoms with van der Waals surface area (Å²) in [6.45, 7) is 6.94. The Kier molecular flexibility index (Phi) is 5.05. The third-order valence-corrected chi connectivity index (χ3v) is 4.81. The Balaban J connectivity index is 1.64. The number of carbonyl (C=O) groups is 1. The van der Waals surface area contributed by atoms with Gasteiger partial charge in [-0.2, -0.15) is 0 Å². The molecule has 1 amide bonds. The number of thiazole rings is 1. The first-order chi connectivity index (χ1) is 11.1. The number of aromatic nitrogens is 1. The van der Waals surface area contributed by atoms with E-state index in [2.05, 4.69) is 34.3 Å². The van der Waals surface area contributed by atoms with E-state index in [-0.39, 0.29) is 11.9 Å². The predicted molar refractivity (Wildman–Crippen MR) is 92.8 cm³/mol. The van der Waals surface area contributed by atoms with Crippen molar-refractivity contribution < 1.29 is 9.53 Å². The maximum absolute atomic E-state index is 12.4. The second-order valence-corrected chi connectivity index (χ2v) is 6.58. The molecule has 122 valence electrons. The van der Waals surface area contributed by atoms with Gasteiger partial charge < -0.3 is 10.1 Å². The molecule has 1 aliphatic rings. The SMILES string of the molecule is Cc1ccc(-c2csc(NC(=O)[C@H](C)N3CCOCC3)n2)cc1. The summed E-state index contributed by atoms with van der Waals surface area (Å²) in [5.41, 5.74) is 3.18. The molecule has 1 aromatic carbocycles. The molecule has 1 fully saturated rings. The molecule has 5 nitrogen and oxygen atoms in total. The predicted octanol–water partition coefficient (Wildman–Crippen LogP) is 2.78. The van der Waals surface area contributed by atoms with Crippen molar-refractivity contribution >= 4 is 22.4 Å². The van der Waals surface area contributed by atoms with Crippen LogP contribution in [0.3, 0.4) is 0 Å². The number of rotatable bonds is 4. The molecule has 1 aliphatic heterocycles. The van der Waals surface area contributed by atoms with Gasteiger partial charge in [-0.25, -0.2) is 4.98 Å². The maximum Gasteiger partial charge on any atom is 0.243 e. The minimum absolute atomic E-state index is 0.0169. The highest BCUT2D eigenvalue weighted by molar-refractivity contribution is 7.14. The number of morpholine rings is 1. The van der Waals surface area contributed by atoms with E-state index < -0.39 is 0 Å². The van der Waals surface area contributed by atoms with Crippen LogP contribution in [0.25, 0.3) is 11.3 Å². The van der Waals surface area contributed by atoms with Crippen LogP contribution in [-0.4, -0.2) is 48.1 Å². The summed E-state index contributed by atoms with van der Waals surface area (Å²) in [6, 6.07) is 8.05. The van der Waals surface area contributed by atoms with Gasteiger partial charge in [-0.1, -0.05) is 29.8 Å². The number of ether oxygens (including phenoxy) is 1. The van der Waals surface area contributed by atoms with Gasteiger partial charge >= 0.3 is 0 Å². The van der Waals surface area contributed by atoms with Gasteiger partial charge in [-0.15, -0.1) is 11.3 Å². The Hall–Kier alpha value is -1.76. The fourth-order valence-electron chi connectivity index (χ4n) is 2.53. The molecular weight excluding hydrogens is 310 g/mol. The molecular formula is C17H21N3O2S. The van der Waals surface area contributed by atoms with Crippen molar-refractivity contribution in [3.63, 3.8) is 0 Å². The van der Waals surface area contributed by atoms with E-state index >= 15 is 0 Å². The van der Waals surface area contributed by atoms with Crippen LogP contribution in [0.1, 0.15) is 12.5 Å². The number of carbonyl (C=O) groups excluding carboxylic acids is 1. The largest absolute Gasteiger partial charge is 0.379 e. The Bertz CT molecular complexity index is 663. The van der Waals surface area contributed by atoms with Gasteiger partial charge in [0, 0.05) is 24.0 Å². The molecule has 3 rings (SSSR count). The number of aryl methyl sites for hydroxylation is 1. The molecule has 1 atom stereocenters. The van der Waals surface area contributed by atoms with Gasteiger partial charge in [-0.3, -0.25) is 9.69 Å². The molecule has 6 heteroatoms. The number of nitrogens with one attached hydrogen (secondary N) is 1. The average Bonchev–Trinajstić information content (AvgIpc) is 3.04. The highest BCUT2D eigenvalue weighted by Crippen LogP contribution is 2.25. The first kappa shape index (κ1) is 16.1. The first-order valence-electron chi connectivity index (χ1n) is 7.79. The lowest BCUT2D eigenvalue weighted by atomic mass is 10.1. The Morgan fingerprint density at radius 1 is 1.30 bits per heavy atom. The summed E-state index contributed by atoms with van der Waals surface area (Å²) < 4.78 is 5.32. The van der Waals surface area contributed by atoms with Crippen LogP contribution >= 0.6 is 11.3 Å². The Morgan fingerprint density at radius 3 is 2.70 bits per heavy atom. The van der Waals surface area contributed by atoms with Gasteiger partial charge in [0.05, 0.1) is 24.9 Å². The van der Waals surface area contributed by atoms with Gasteiger partial charge in [0.1, 0.15) is 0 Å². The van der Waals surface area contributed by atoms with Crippen molar-refractivity contribution in [3.05, 3.63) is 35.2 Å². The number of hydrogen-bond donors (Lipinski definition) is 1. The highest BCUT2D eigenvalue weighted by atomic mass is 32.1. The summed E-state index contributed by atoms with van der Waals surface area (Å²) in [6.07, 6.45) is 0. The Labute approximate surface area is 140 Å². The normalized spacial score (nSPS) is 17.0. The van der Waals surface area contributed by atoms with Crippen molar-refractivity contribution in [3.8, 4) is 11.3 Å². The second-order valence-electron chi connectivity index (χ2n) is 5.72. The van der Waals surface area contributed by atoms with E-state index in [1.807, 2.05) is 24.4 Å². The lowest BCUT2D eigenvalue weighted by Crippen LogP contribution is -2.47. The van der Waals surface area contributed by atoms with Gasteiger partial charge in [-0.05, 0) is 13.8 Å². The summed E-state index contributed by atoms with van der Waals surface area (Å²) >= 11 is 1.45. The zero-order valence-corrected chi connectivity index (χ0v) is 14.2. The highest BCUT2D eigenvalue weighted by Gasteiger charge is 2.23. The van der Waals surface area contributed by atoms with Crippen molar-refractivity contribution in [2.75, 3.05) is 31.6 Å². The van der Waals surface area contributed by atoms with E-state index in [9.17, 15) is 4.79 Å². The summed E-state index contributed by atoms with van der Waals surface area (Å²) in [5, 5.41) is 5.54. The zero-order chi connectivity index (χ0) is 16.2. The molecule has 23 heavy (non-hydrogen) atoms. The number of hydrogen-bond acceptors (Lipinski definition) is 5. The van der Waals surface area contributed by atoms with Crippen LogP contribution < -0.4 is 5.32 Å². The third-order valence-electron chi connectivity index (χ3n) is 4.05. The first-order valence-corrected chi connectivity index (χ1v) is 8.66. The summed E-state index contributed by atoms with van der Waals surface area (Å²) in [7, 11) is 0. The van der Waals surface area contributed by atoms with Crippen LogP contribution in [0.15, 0.2) is 29.6 Å². The molecule has 1 aromatic heterocycles. The number of amides is 1. The fraction of sp³-hybridized carbons (Fsp3) is 0.412. The quantitative estimate of drug-likeness (QED) is 0.936. The van der Waals surface area contributed by atoms with Crippen LogP contribution in [0.2, 0.25) is 0 Å². The molecule has 0 bridgehead atoms. The molecule has 0 radical (unpaired) electrons. The molecule has 0 aliphatic carbocycles. The molecule has 2 aromatic rings. The maximum atomic E-state index is 12.4. The van der Waals surface area contributed by atoms with Crippen LogP contribution in [0, 0.1) is 6.92 Å². The summed E-state index contributed by atoms with van der Waals surface area (Å²) in [4.78, 5) is 19.0. The number of benzene rings is 1.